The number of carbonyl (C=O) groups excluding carboxylic acids is 2. The summed E-state index contributed by atoms with van der Waals surface area (Å²) >= 11 is 0. The Morgan fingerprint density at radius 2 is 1.16 bits per heavy atom. The van der Waals surface area contributed by atoms with E-state index in [0.717, 1.165) is 11.1 Å². The third-order valence-electron chi connectivity index (χ3n) is 6.47. The molecule has 1 heterocycles. The van der Waals surface area contributed by atoms with Gasteiger partial charge in [-0.05, 0) is 30.2 Å². The Balaban J connectivity index is 1.63. The van der Waals surface area contributed by atoms with Crippen molar-refractivity contribution in [1.29, 1.82) is 0 Å². The van der Waals surface area contributed by atoms with Gasteiger partial charge in [0.2, 0.25) is 11.8 Å². The Labute approximate surface area is 188 Å². The molecule has 4 nitrogen and oxygen atoms in total. The molecule has 1 aliphatic heterocycles. The molecule has 0 aromatic heterocycles. The van der Waals surface area contributed by atoms with Crippen molar-refractivity contribution in [2.75, 3.05) is 11.5 Å². The van der Waals surface area contributed by atoms with Crippen molar-refractivity contribution >= 4 is 17.5 Å². The molecule has 0 saturated carbocycles. The molecule has 4 heteroatoms. The lowest BCUT2D eigenvalue weighted by Crippen LogP contribution is -2.32. The maximum Gasteiger partial charge on any atom is 0.238 e. The molecule has 4 atom stereocenters. The summed E-state index contributed by atoms with van der Waals surface area (Å²) in [4.78, 5) is 29.1. The predicted molar refractivity (Wildman–Crippen MR) is 125 cm³/mol. The average Bonchev–Trinajstić information content (AvgIpc) is 3.11. The zero-order valence-electron chi connectivity index (χ0n) is 17.9. The van der Waals surface area contributed by atoms with E-state index in [1.807, 2.05) is 85.8 Å². The zero-order valence-corrected chi connectivity index (χ0v) is 17.9. The zero-order chi connectivity index (χ0) is 22.1. The van der Waals surface area contributed by atoms with Crippen LogP contribution in [-0.2, 0) is 9.59 Å². The van der Waals surface area contributed by atoms with Crippen LogP contribution < -0.4 is 9.64 Å². The largest absolute Gasteiger partial charge is 0.492 e. The first-order valence-electron chi connectivity index (χ1n) is 11.1. The Morgan fingerprint density at radius 3 is 1.66 bits per heavy atom. The second-order valence-electron chi connectivity index (χ2n) is 8.22. The normalized spacial score (nSPS) is 24.5. The molecule has 1 aliphatic carbocycles. The summed E-state index contributed by atoms with van der Waals surface area (Å²) in [7, 11) is 0. The highest BCUT2D eigenvalue weighted by molar-refractivity contribution is 6.23. The fourth-order valence-corrected chi connectivity index (χ4v) is 5.09. The molecule has 32 heavy (non-hydrogen) atoms. The second-order valence-corrected chi connectivity index (χ2v) is 8.22. The SMILES string of the molecule is CCOc1ccccc1N1C(=O)[C@H]2[C@H](C1=O)[C@@H](c1ccccc1)C=C[C@@H]2c1ccccc1. The number of allylic oxidation sites excluding steroid dienone is 2. The lowest BCUT2D eigenvalue weighted by atomic mass is 9.68. The molecule has 160 valence electrons. The summed E-state index contributed by atoms with van der Waals surface area (Å²) in [6.07, 6.45) is 4.22. The summed E-state index contributed by atoms with van der Waals surface area (Å²) in [5, 5.41) is 0. The number of para-hydroxylation sites is 2. The van der Waals surface area contributed by atoms with Gasteiger partial charge in [-0.1, -0.05) is 84.9 Å². The molecule has 5 rings (SSSR count). The van der Waals surface area contributed by atoms with Gasteiger partial charge >= 0.3 is 0 Å². The summed E-state index contributed by atoms with van der Waals surface area (Å²) < 4.78 is 5.76. The van der Waals surface area contributed by atoms with E-state index in [4.69, 9.17) is 4.74 Å². The van der Waals surface area contributed by atoms with E-state index in [-0.39, 0.29) is 23.7 Å². The lowest BCUT2D eigenvalue weighted by Gasteiger charge is -2.32. The molecule has 0 N–H and O–H groups in total. The van der Waals surface area contributed by atoms with Gasteiger partial charge in [-0.3, -0.25) is 9.59 Å². The summed E-state index contributed by atoms with van der Waals surface area (Å²) in [5.41, 5.74) is 2.62. The number of hydrogen-bond acceptors (Lipinski definition) is 3. The highest BCUT2D eigenvalue weighted by atomic mass is 16.5. The van der Waals surface area contributed by atoms with E-state index in [1.165, 1.54) is 4.90 Å². The van der Waals surface area contributed by atoms with Gasteiger partial charge in [0.15, 0.2) is 0 Å². The number of hydrogen-bond donors (Lipinski definition) is 0. The third kappa shape index (κ3) is 3.32. The summed E-state index contributed by atoms with van der Waals surface area (Å²) in [6.45, 7) is 2.35. The molecule has 3 aromatic carbocycles. The average molecular weight is 424 g/mol. The smallest absolute Gasteiger partial charge is 0.238 e. The molecule has 2 amide bonds. The van der Waals surface area contributed by atoms with E-state index < -0.39 is 11.8 Å². The fraction of sp³-hybridized carbons (Fsp3) is 0.214. The molecular weight excluding hydrogens is 398 g/mol. The first kappa shape index (κ1) is 20.3. The number of carbonyl (C=O) groups is 2. The number of imide groups is 1. The number of rotatable bonds is 5. The van der Waals surface area contributed by atoms with Crippen LogP contribution in [0.15, 0.2) is 97.1 Å². The van der Waals surface area contributed by atoms with E-state index in [2.05, 4.69) is 12.2 Å². The van der Waals surface area contributed by atoms with Gasteiger partial charge in [-0.2, -0.15) is 0 Å². The van der Waals surface area contributed by atoms with Crippen LogP contribution in [0.25, 0.3) is 0 Å². The fourth-order valence-electron chi connectivity index (χ4n) is 5.09. The van der Waals surface area contributed by atoms with Crippen LogP contribution in [0.5, 0.6) is 5.75 Å². The van der Waals surface area contributed by atoms with Crippen molar-refractivity contribution in [3.8, 4) is 5.75 Å². The number of anilines is 1. The number of ether oxygens (including phenoxy) is 1. The molecule has 1 fully saturated rings. The number of fused-ring (bicyclic) bond motifs is 1. The van der Waals surface area contributed by atoms with Crippen molar-refractivity contribution in [3.63, 3.8) is 0 Å². The Hall–Kier alpha value is -3.66. The first-order valence-corrected chi connectivity index (χ1v) is 11.1. The van der Waals surface area contributed by atoms with Crippen LogP contribution in [-0.4, -0.2) is 18.4 Å². The highest BCUT2D eigenvalue weighted by Gasteiger charge is 2.55. The number of amides is 2. The minimum Gasteiger partial charge on any atom is -0.492 e. The second kappa shape index (κ2) is 8.46. The Kier molecular flexibility index (Phi) is 5.36. The Bertz CT molecular complexity index is 1090. The van der Waals surface area contributed by atoms with Gasteiger partial charge in [-0.15, -0.1) is 0 Å². The van der Waals surface area contributed by atoms with E-state index in [9.17, 15) is 9.59 Å². The molecule has 3 aromatic rings. The van der Waals surface area contributed by atoms with Gasteiger partial charge in [0.1, 0.15) is 5.75 Å². The lowest BCUT2D eigenvalue weighted by molar-refractivity contribution is -0.122. The third-order valence-corrected chi connectivity index (χ3v) is 6.47. The maximum absolute atomic E-state index is 13.9. The van der Waals surface area contributed by atoms with E-state index in [0.29, 0.717) is 18.0 Å². The van der Waals surface area contributed by atoms with Crippen LogP contribution >= 0.6 is 0 Å². The standard InChI is InChI=1S/C28H25NO3/c1-2-32-24-16-10-9-15-23(24)29-27(30)25-21(19-11-5-3-6-12-19)17-18-22(26(25)28(29)31)20-13-7-4-8-14-20/h3-18,21-22,25-26H,2H2,1H3/t21-,22-,25-,26-/m1/s1. The van der Waals surface area contributed by atoms with Crippen LogP contribution in [0.4, 0.5) is 5.69 Å². The van der Waals surface area contributed by atoms with Crippen molar-refractivity contribution in [3.05, 3.63) is 108 Å². The van der Waals surface area contributed by atoms with Crippen LogP contribution in [0.1, 0.15) is 29.9 Å². The van der Waals surface area contributed by atoms with Crippen molar-refractivity contribution in [2.45, 2.75) is 18.8 Å². The van der Waals surface area contributed by atoms with Crippen LogP contribution in [0.3, 0.4) is 0 Å². The predicted octanol–water partition coefficient (Wildman–Crippen LogP) is 5.33. The van der Waals surface area contributed by atoms with Gasteiger partial charge in [-0.25, -0.2) is 4.90 Å². The van der Waals surface area contributed by atoms with Gasteiger partial charge in [0.25, 0.3) is 0 Å². The van der Waals surface area contributed by atoms with E-state index >= 15 is 0 Å². The maximum atomic E-state index is 13.9. The molecule has 0 bridgehead atoms. The monoisotopic (exact) mass is 423 g/mol. The summed E-state index contributed by atoms with van der Waals surface area (Å²) in [6, 6.07) is 27.3. The number of nitrogens with zero attached hydrogens (tertiary/aromatic N) is 1. The highest BCUT2D eigenvalue weighted by Crippen LogP contribution is 2.51. The number of benzene rings is 3. The Morgan fingerprint density at radius 1 is 0.688 bits per heavy atom. The minimum atomic E-state index is -0.463. The van der Waals surface area contributed by atoms with Crippen LogP contribution in [0.2, 0.25) is 0 Å². The van der Waals surface area contributed by atoms with Crippen LogP contribution in [0, 0.1) is 11.8 Å². The topological polar surface area (TPSA) is 46.6 Å². The molecular formula is C28H25NO3. The van der Waals surface area contributed by atoms with E-state index in [1.54, 1.807) is 6.07 Å². The van der Waals surface area contributed by atoms with Gasteiger partial charge in [0, 0.05) is 11.8 Å². The van der Waals surface area contributed by atoms with Crippen molar-refractivity contribution in [2.24, 2.45) is 11.8 Å². The van der Waals surface area contributed by atoms with Crippen molar-refractivity contribution in [1.82, 2.24) is 0 Å². The minimum absolute atomic E-state index is 0.151. The van der Waals surface area contributed by atoms with Gasteiger partial charge < -0.3 is 4.74 Å². The summed E-state index contributed by atoms with van der Waals surface area (Å²) in [5.74, 6) is -0.998. The quantitative estimate of drug-likeness (QED) is 0.412. The molecule has 2 aliphatic rings. The van der Waals surface area contributed by atoms with Crippen molar-refractivity contribution < 1.29 is 14.3 Å². The molecule has 1 saturated heterocycles. The van der Waals surface area contributed by atoms with Gasteiger partial charge in [0.05, 0.1) is 24.1 Å². The molecule has 0 spiro atoms. The molecule has 0 radical (unpaired) electrons. The first-order chi connectivity index (χ1) is 15.7. The molecule has 0 unspecified atom stereocenters.